The molecule has 0 heterocycles. The van der Waals surface area contributed by atoms with Crippen molar-refractivity contribution < 1.29 is 0 Å². The number of benzene rings is 2. The highest BCUT2D eigenvalue weighted by Gasteiger charge is 2.25. The fraction of sp³-hybridized carbons (Fsp3) is 0.278. The van der Waals surface area contributed by atoms with E-state index < -0.39 is 0 Å². The molecule has 0 amide bonds. The molecule has 20 heavy (non-hydrogen) atoms. The molecular weight excluding hydrogens is 244 g/mol. The summed E-state index contributed by atoms with van der Waals surface area (Å²) in [4.78, 5) is 0. The van der Waals surface area contributed by atoms with Crippen molar-refractivity contribution in [2.24, 2.45) is 0 Å². The molecule has 1 N–H and O–H groups in total. The summed E-state index contributed by atoms with van der Waals surface area (Å²) >= 11 is 0. The number of nitrogens with zero attached hydrogens (tertiary/aromatic N) is 1. The van der Waals surface area contributed by atoms with Gasteiger partial charge in [0, 0.05) is 12.1 Å². The monoisotopic (exact) mass is 262 g/mol. The van der Waals surface area contributed by atoms with E-state index in [1.165, 1.54) is 16.7 Å². The zero-order valence-electron chi connectivity index (χ0n) is 11.6. The number of rotatable bonds is 3. The van der Waals surface area contributed by atoms with Crippen molar-refractivity contribution in [3.63, 3.8) is 0 Å². The zero-order valence-corrected chi connectivity index (χ0v) is 11.6. The highest BCUT2D eigenvalue weighted by atomic mass is 14.9. The average Bonchev–Trinajstić information content (AvgIpc) is 2.91. The Kier molecular flexibility index (Phi) is 3.54. The second-order valence-corrected chi connectivity index (χ2v) is 5.38. The average molecular weight is 262 g/mol. The van der Waals surface area contributed by atoms with Crippen LogP contribution in [0.3, 0.4) is 0 Å². The van der Waals surface area contributed by atoms with Crippen molar-refractivity contribution in [2.45, 2.75) is 31.8 Å². The van der Waals surface area contributed by atoms with Crippen LogP contribution in [0.15, 0.2) is 48.5 Å². The van der Waals surface area contributed by atoms with Gasteiger partial charge in [0.2, 0.25) is 0 Å². The third kappa shape index (κ3) is 2.33. The predicted molar refractivity (Wildman–Crippen MR) is 80.2 cm³/mol. The van der Waals surface area contributed by atoms with Gasteiger partial charge in [0.25, 0.3) is 0 Å². The minimum atomic E-state index is 0.317. The number of nitriles is 1. The lowest BCUT2D eigenvalue weighted by Crippen LogP contribution is -2.22. The van der Waals surface area contributed by atoms with Crippen LogP contribution in [-0.2, 0) is 6.42 Å². The maximum atomic E-state index is 9.18. The van der Waals surface area contributed by atoms with Crippen molar-refractivity contribution in [1.82, 2.24) is 5.32 Å². The molecule has 0 aromatic heterocycles. The van der Waals surface area contributed by atoms with E-state index in [1.54, 1.807) is 0 Å². The van der Waals surface area contributed by atoms with Gasteiger partial charge in [0.15, 0.2) is 0 Å². The number of fused-ring (bicyclic) bond motifs is 1. The van der Waals surface area contributed by atoms with Gasteiger partial charge in [-0.3, -0.25) is 0 Å². The van der Waals surface area contributed by atoms with E-state index in [0.717, 1.165) is 18.4 Å². The molecule has 1 aliphatic rings. The molecular formula is C18H18N2. The fourth-order valence-electron chi connectivity index (χ4n) is 3.07. The van der Waals surface area contributed by atoms with E-state index in [9.17, 15) is 5.26 Å². The summed E-state index contributed by atoms with van der Waals surface area (Å²) in [7, 11) is 0. The quantitative estimate of drug-likeness (QED) is 0.910. The molecule has 0 radical (unpaired) electrons. The zero-order chi connectivity index (χ0) is 13.9. The van der Waals surface area contributed by atoms with E-state index >= 15 is 0 Å². The lowest BCUT2D eigenvalue weighted by molar-refractivity contribution is 0.465. The molecule has 0 bridgehead atoms. The van der Waals surface area contributed by atoms with Crippen LogP contribution in [0, 0.1) is 11.3 Å². The van der Waals surface area contributed by atoms with Crippen molar-refractivity contribution in [2.75, 3.05) is 0 Å². The maximum Gasteiger partial charge on any atom is 0.0994 e. The number of hydrogen-bond acceptors (Lipinski definition) is 2. The first-order chi connectivity index (χ1) is 9.79. The van der Waals surface area contributed by atoms with Gasteiger partial charge in [-0.2, -0.15) is 5.26 Å². The van der Waals surface area contributed by atoms with Crippen LogP contribution < -0.4 is 5.32 Å². The van der Waals surface area contributed by atoms with Gasteiger partial charge in [-0.05, 0) is 42.5 Å². The Morgan fingerprint density at radius 1 is 1.15 bits per heavy atom. The third-order valence-electron chi connectivity index (χ3n) is 4.14. The SMILES string of the molecule is C[C@H](N[C@H]1CCc2c(C#N)cccc21)c1ccccc1. The van der Waals surface area contributed by atoms with E-state index in [0.29, 0.717) is 12.1 Å². The smallest absolute Gasteiger partial charge is 0.0994 e. The Morgan fingerprint density at radius 3 is 2.70 bits per heavy atom. The summed E-state index contributed by atoms with van der Waals surface area (Å²) in [5, 5.41) is 12.9. The summed E-state index contributed by atoms with van der Waals surface area (Å²) in [5.74, 6) is 0. The van der Waals surface area contributed by atoms with Crippen molar-refractivity contribution in [3.05, 3.63) is 70.8 Å². The molecule has 2 aromatic rings. The minimum absolute atomic E-state index is 0.317. The summed E-state index contributed by atoms with van der Waals surface area (Å²) in [5.41, 5.74) is 4.66. The molecule has 2 atom stereocenters. The second-order valence-electron chi connectivity index (χ2n) is 5.38. The fourth-order valence-corrected chi connectivity index (χ4v) is 3.07. The number of hydrogen-bond donors (Lipinski definition) is 1. The summed E-state index contributed by atoms with van der Waals surface area (Å²) in [6.45, 7) is 2.20. The Morgan fingerprint density at radius 2 is 1.95 bits per heavy atom. The van der Waals surface area contributed by atoms with Gasteiger partial charge in [-0.1, -0.05) is 42.5 Å². The van der Waals surface area contributed by atoms with Gasteiger partial charge in [0.1, 0.15) is 0 Å². The lowest BCUT2D eigenvalue weighted by Gasteiger charge is -2.21. The van der Waals surface area contributed by atoms with Gasteiger partial charge in [0.05, 0.1) is 11.6 Å². The van der Waals surface area contributed by atoms with Crippen LogP contribution in [0.1, 0.15) is 47.7 Å². The van der Waals surface area contributed by atoms with Gasteiger partial charge >= 0.3 is 0 Å². The topological polar surface area (TPSA) is 35.8 Å². The van der Waals surface area contributed by atoms with Crippen LogP contribution >= 0.6 is 0 Å². The Labute approximate surface area is 120 Å². The van der Waals surface area contributed by atoms with Crippen LogP contribution in [0.2, 0.25) is 0 Å². The minimum Gasteiger partial charge on any atom is -0.303 e. The molecule has 3 rings (SSSR count). The van der Waals surface area contributed by atoms with Crippen LogP contribution in [0.25, 0.3) is 0 Å². The molecule has 0 unspecified atom stereocenters. The Bertz CT molecular complexity index is 640. The molecule has 1 aliphatic carbocycles. The van der Waals surface area contributed by atoms with Gasteiger partial charge in [-0.25, -0.2) is 0 Å². The second kappa shape index (κ2) is 5.48. The highest BCUT2D eigenvalue weighted by Crippen LogP contribution is 2.34. The maximum absolute atomic E-state index is 9.18. The first-order valence-corrected chi connectivity index (χ1v) is 7.12. The van der Waals surface area contributed by atoms with Gasteiger partial charge in [-0.15, -0.1) is 0 Å². The van der Waals surface area contributed by atoms with Crippen LogP contribution in [-0.4, -0.2) is 0 Å². The first kappa shape index (κ1) is 12.9. The first-order valence-electron chi connectivity index (χ1n) is 7.12. The molecule has 100 valence electrons. The van der Waals surface area contributed by atoms with Crippen molar-refractivity contribution in [3.8, 4) is 6.07 Å². The largest absolute Gasteiger partial charge is 0.303 e. The molecule has 2 heteroatoms. The lowest BCUT2D eigenvalue weighted by atomic mass is 10.0. The van der Waals surface area contributed by atoms with Crippen LogP contribution in [0.4, 0.5) is 0 Å². The summed E-state index contributed by atoms with van der Waals surface area (Å²) in [6.07, 6.45) is 2.07. The Hall–Kier alpha value is -2.11. The Balaban J connectivity index is 1.81. The molecule has 0 fully saturated rings. The van der Waals surface area contributed by atoms with E-state index in [4.69, 9.17) is 0 Å². The highest BCUT2D eigenvalue weighted by molar-refractivity contribution is 5.47. The van der Waals surface area contributed by atoms with Gasteiger partial charge < -0.3 is 5.32 Å². The number of nitrogens with one attached hydrogen (secondary N) is 1. The summed E-state index contributed by atoms with van der Waals surface area (Å²) < 4.78 is 0. The van der Waals surface area contributed by atoms with E-state index in [-0.39, 0.29) is 0 Å². The predicted octanol–water partition coefficient (Wildman–Crippen LogP) is 3.90. The van der Waals surface area contributed by atoms with E-state index in [2.05, 4.69) is 48.6 Å². The molecule has 2 nitrogen and oxygen atoms in total. The summed E-state index contributed by atoms with van der Waals surface area (Å²) in [6, 6.07) is 19.5. The standard InChI is InChI=1S/C18H18N2/c1-13(14-6-3-2-4-7-14)20-18-11-10-16-15(12-19)8-5-9-17(16)18/h2-9,13,18,20H,10-11H2,1H3/t13-,18-/m0/s1. The molecule has 0 saturated carbocycles. The third-order valence-corrected chi connectivity index (χ3v) is 4.14. The van der Waals surface area contributed by atoms with Crippen molar-refractivity contribution >= 4 is 0 Å². The normalized spacial score (nSPS) is 18.3. The molecule has 0 aliphatic heterocycles. The molecule has 2 aromatic carbocycles. The molecule has 0 saturated heterocycles. The molecule has 0 spiro atoms. The van der Waals surface area contributed by atoms with Crippen LogP contribution in [0.5, 0.6) is 0 Å². The van der Waals surface area contributed by atoms with Crippen molar-refractivity contribution in [1.29, 1.82) is 5.26 Å². The van der Waals surface area contributed by atoms with E-state index in [1.807, 2.05) is 18.2 Å².